The van der Waals surface area contributed by atoms with Crippen LogP contribution >= 0.6 is 11.3 Å². The van der Waals surface area contributed by atoms with Gasteiger partial charge in [0.25, 0.3) is 5.56 Å². The number of fused-ring (bicyclic) bond motifs is 3. The van der Waals surface area contributed by atoms with Crippen molar-refractivity contribution in [1.29, 1.82) is 0 Å². The standard InChI is InChI=1S/C18H17N5OS/c19-15-14(18(24)23-11-3-6-25-16(11)15)17-21-12-7-9-1-4-20-5-2-10(9)8-13(12)22-17/h3,6-8,20H,1-2,4-5H2,(H,21,22)(H3,19,23,24). The molecule has 0 bridgehead atoms. The molecular weight excluding hydrogens is 334 g/mol. The highest BCUT2D eigenvalue weighted by Crippen LogP contribution is 2.31. The van der Waals surface area contributed by atoms with E-state index < -0.39 is 0 Å². The number of imidazole rings is 1. The number of thiophene rings is 1. The van der Waals surface area contributed by atoms with Crippen LogP contribution < -0.4 is 16.6 Å². The third kappa shape index (κ3) is 2.27. The molecule has 0 atom stereocenters. The summed E-state index contributed by atoms with van der Waals surface area (Å²) in [5.41, 5.74) is 12.2. The van der Waals surface area contributed by atoms with Gasteiger partial charge in [-0.2, -0.15) is 0 Å². The van der Waals surface area contributed by atoms with Gasteiger partial charge in [0.05, 0.1) is 26.9 Å². The minimum absolute atomic E-state index is 0.215. The molecule has 1 aromatic carbocycles. The van der Waals surface area contributed by atoms with Crippen LogP contribution in [0.3, 0.4) is 0 Å². The number of hydrogen-bond acceptors (Lipinski definition) is 5. The summed E-state index contributed by atoms with van der Waals surface area (Å²) in [7, 11) is 0. The molecule has 7 heteroatoms. The Bertz CT molecular complexity index is 1130. The number of aromatic amines is 2. The normalized spacial score (nSPS) is 14.7. The van der Waals surface area contributed by atoms with Gasteiger partial charge in [0.1, 0.15) is 11.4 Å². The number of anilines is 1. The highest BCUT2D eigenvalue weighted by molar-refractivity contribution is 7.17. The maximum atomic E-state index is 12.5. The van der Waals surface area contributed by atoms with E-state index in [9.17, 15) is 4.79 Å². The van der Waals surface area contributed by atoms with Crippen molar-refractivity contribution >= 4 is 38.3 Å². The number of H-pyrrole nitrogens is 2. The molecule has 0 aliphatic carbocycles. The maximum Gasteiger partial charge on any atom is 0.261 e. The van der Waals surface area contributed by atoms with E-state index in [0.717, 1.165) is 47.2 Å². The largest absolute Gasteiger partial charge is 0.397 e. The summed E-state index contributed by atoms with van der Waals surface area (Å²) in [4.78, 5) is 23.4. The van der Waals surface area contributed by atoms with Crippen LogP contribution in [0.2, 0.25) is 0 Å². The van der Waals surface area contributed by atoms with E-state index in [4.69, 9.17) is 5.73 Å². The molecule has 0 spiro atoms. The van der Waals surface area contributed by atoms with Crippen molar-refractivity contribution in [2.24, 2.45) is 0 Å². The molecule has 1 aliphatic rings. The molecule has 3 aromatic heterocycles. The number of benzene rings is 1. The van der Waals surface area contributed by atoms with Gasteiger partial charge in [0, 0.05) is 0 Å². The van der Waals surface area contributed by atoms with Gasteiger partial charge in [-0.15, -0.1) is 11.3 Å². The monoisotopic (exact) mass is 351 g/mol. The van der Waals surface area contributed by atoms with Crippen LogP contribution in [0.5, 0.6) is 0 Å². The first kappa shape index (κ1) is 14.7. The third-order valence-corrected chi connectivity index (χ3v) is 5.78. The number of nitrogens with zero attached hydrogens (tertiary/aromatic N) is 1. The molecule has 0 amide bonds. The minimum Gasteiger partial charge on any atom is -0.397 e. The van der Waals surface area contributed by atoms with Gasteiger partial charge in [0.15, 0.2) is 0 Å². The fourth-order valence-corrected chi connectivity index (χ4v) is 4.39. The Morgan fingerprint density at radius 1 is 1.08 bits per heavy atom. The Balaban J connectivity index is 1.73. The second-order valence-corrected chi connectivity index (χ2v) is 7.30. The molecule has 126 valence electrons. The summed E-state index contributed by atoms with van der Waals surface area (Å²) in [5.74, 6) is 0.530. The first-order valence-electron chi connectivity index (χ1n) is 8.32. The van der Waals surface area contributed by atoms with Crippen molar-refractivity contribution in [2.75, 3.05) is 18.8 Å². The van der Waals surface area contributed by atoms with Gasteiger partial charge in [-0.05, 0) is 60.6 Å². The molecule has 5 N–H and O–H groups in total. The van der Waals surface area contributed by atoms with Crippen LogP contribution in [0.1, 0.15) is 11.1 Å². The first-order valence-corrected chi connectivity index (χ1v) is 9.20. The lowest BCUT2D eigenvalue weighted by Gasteiger charge is -2.03. The zero-order chi connectivity index (χ0) is 17.0. The molecule has 0 saturated heterocycles. The molecule has 1 aliphatic heterocycles. The SMILES string of the molecule is Nc1c(-c2nc3cc4c(cc3[nH]2)CCNCC4)c(=O)[nH]c2ccsc12. The van der Waals surface area contributed by atoms with E-state index in [2.05, 4.69) is 32.4 Å². The van der Waals surface area contributed by atoms with E-state index in [1.807, 2.05) is 11.4 Å². The summed E-state index contributed by atoms with van der Waals surface area (Å²) in [6, 6.07) is 6.15. The summed E-state index contributed by atoms with van der Waals surface area (Å²) in [6.07, 6.45) is 2.00. The van der Waals surface area contributed by atoms with Crippen molar-refractivity contribution < 1.29 is 0 Å². The Hall–Kier alpha value is -2.64. The third-order valence-electron chi connectivity index (χ3n) is 4.84. The molecule has 0 fully saturated rings. The van der Waals surface area contributed by atoms with Crippen molar-refractivity contribution in [3.63, 3.8) is 0 Å². The van der Waals surface area contributed by atoms with E-state index >= 15 is 0 Å². The van der Waals surface area contributed by atoms with Crippen LogP contribution in [-0.2, 0) is 12.8 Å². The van der Waals surface area contributed by atoms with Crippen LogP contribution in [-0.4, -0.2) is 28.0 Å². The van der Waals surface area contributed by atoms with E-state index in [1.54, 1.807) is 0 Å². The molecule has 5 rings (SSSR count). The number of hydrogen-bond donors (Lipinski definition) is 4. The van der Waals surface area contributed by atoms with Gasteiger partial charge in [-0.25, -0.2) is 4.98 Å². The van der Waals surface area contributed by atoms with Gasteiger partial charge in [-0.3, -0.25) is 4.79 Å². The van der Waals surface area contributed by atoms with Crippen molar-refractivity contribution in [2.45, 2.75) is 12.8 Å². The number of nitrogen functional groups attached to an aromatic ring is 1. The summed E-state index contributed by atoms with van der Waals surface area (Å²) in [5, 5.41) is 5.34. The average molecular weight is 351 g/mol. The smallest absolute Gasteiger partial charge is 0.261 e. The second kappa shape index (κ2) is 5.44. The first-order chi connectivity index (χ1) is 12.2. The predicted octanol–water partition coefficient (Wildman–Crippen LogP) is 2.40. The fourth-order valence-electron chi connectivity index (χ4n) is 3.57. The zero-order valence-corrected chi connectivity index (χ0v) is 14.3. The van der Waals surface area contributed by atoms with Gasteiger partial charge >= 0.3 is 0 Å². The number of pyridine rings is 1. The van der Waals surface area contributed by atoms with Crippen molar-refractivity contribution in [3.05, 3.63) is 45.1 Å². The lowest BCUT2D eigenvalue weighted by Crippen LogP contribution is -2.16. The Morgan fingerprint density at radius 2 is 1.88 bits per heavy atom. The van der Waals surface area contributed by atoms with Gasteiger partial charge in [-0.1, -0.05) is 0 Å². The molecule has 4 heterocycles. The van der Waals surface area contributed by atoms with E-state index in [0.29, 0.717) is 17.1 Å². The van der Waals surface area contributed by atoms with Crippen LogP contribution in [0, 0.1) is 0 Å². The van der Waals surface area contributed by atoms with Crippen LogP contribution in [0.4, 0.5) is 5.69 Å². The average Bonchev–Trinajstić information content (AvgIpc) is 3.14. The molecule has 4 aromatic rings. The molecular formula is C18H17N5OS. The van der Waals surface area contributed by atoms with Crippen LogP contribution in [0.25, 0.3) is 32.6 Å². The predicted molar refractivity (Wildman–Crippen MR) is 102 cm³/mol. The minimum atomic E-state index is -0.215. The molecule has 0 saturated carbocycles. The molecule has 0 unspecified atom stereocenters. The number of rotatable bonds is 1. The lowest BCUT2D eigenvalue weighted by atomic mass is 10.0. The highest BCUT2D eigenvalue weighted by Gasteiger charge is 2.18. The Labute approximate surface area is 147 Å². The topological polar surface area (TPSA) is 99.6 Å². The summed E-state index contributed by atoms with van der Waals surface area (Å²) in [6.45, 7) is 1.97. The Kier molecular flexibility index (Phi) is 3.19. The lowest BCUT2D eigenvalue weighted by molar-refractivity contribution is 0.711. The quantitative estimate of drug-likeness (QED) is 0.423. The van der Waals surface area contributed by atoms with Gasteiger partial charge < -0.3 is 21.0 Å². The van der Waals surface area contributed by atoms with Gasteiger partial charge in [0.2, 0.25) is 0 Å². The molecule has 0 radical (unpaired) electrons. The van der Waals surface area contributed by atoms with Crippen molar-refractivity contribution in [1.82, 2.24) is 20.3 Å². The maximum absolute atomic E-state index is 12.5. The van der Waals surface area contributed by atoms with E-state index in [-0.39, 0.29) is 5.56 Å². The summed E-state index contributed by atoms with van der Waals surface area (Å²) >= 11 is 1.52. The molecule has 25 heavy (non-hydrogen) atoms. The van der Waals surface area contributed by atoms with Crippen molar-refractivity contribution in [3.8, 4) is 11.4 Å². The number of nitrogens with two attached hydrogens (primary N) is 1. The fraction of sp³-hybridized carbons (Fsp3) is 0.222. The van der Waals surface area contributed by atoms with E-state index in [1.165, 1.54) is 22.5 Å². The number of nitrogens with one attached hydrogen (secondary N) is 3. The van der Waals surface area contributed by atoms with Crippen LogP contribution in [0.15, 0.2) is 28.4 Å². The summed E-state index contributed by atoms with van der Waals surface area (Å²) < 4.78 is 0.886. The molecule has 6 nitrogen and oxygen atoms in total. The zero-order valence-electron chi connectivity index (χ0n) is 13.5. The Morgan fingerprint density at radius 3 is 2.72 bits per heavy atom. The highest BCUT2D eigenvalue weighted by atomic mass is 32.1. The second-order valence-electron chi connectivity index (χ2n) is 6.38. The number of aromatic nitrogens is 3.